The number of fused-ring (bicyclic) bond motifs is 1. The van der Waals surface area contributed by atoms with E-state index in [-0.39, 0.29) is 0 Å². The lowest BCUT2D eigenvalue weighted by Gasteiger charge is -1.93. The summed E-state index contributed by atoms with van der Waals surface area (Å²) in [7, 11) is 3.89. The Bertz CT molecular complexity index is 707. The van der Waals surface area contributed by atoms with Crippen molar-refractivity contribution in [2.24, 2.45) is 19.8 Å². The minimum absolute atomic E-state index is 0.397. The standard InChI is InChI=1S/C13H15N5/c1-17-8-10(9-5-3-4-6-11(9)17)13-15-12(7-14)18(2)16-13/h3-6,8H,7,14H2,1-2H3. The van der Waals surface area contributed by atoms with Crippen molar-refractivity contribution >= 4 is 10.9 Å². The van der Waals surface area contributed by atoms with Crippen LogP contribution in [0, 0.1) is 0 Å². The number of nitrogens with two attached hydrogens (primary N) is 1. The van der Waals surface area contributed by atoms with Gasteiger partial charge in [-0.25, -0.2) is 4.98 Å². The molecule has 0 aliphatic heterocycles. The molecular formula is C13H15N5. The number of hydrogen-bond donors (Lipinski definition) is 1. The predicted octanol–water partition coefficient (Wildman–Crippen LogP) is 1.43. The number of benzene rings is 1. The van der Waals surface area contributed by atoms with Gasteiger partial charge in [0, 0.05) is 36.8 Å². The smallest absolute Gasteiger partial charge is 0.183 e. The Labute approximate surface area is 105 Å². The van der Waals surface area contributed by atoms with Crippen LogP contribution in [0.15, 0.2) is 30.5 Å². The first-order chi connectivity index (χ1) is 8.70. The van der Waals surface area contributed by atoms with Crippen molar-refractivity contribution in [1.82, 2.24) is 19.3 Å². The van der Waals surface area contributed by atoms with Crippen molar-refractivity contribution in [3.8, 4) is 11.4 Å². The second-order valence-electron chi connectivity index (χ2n) is 4.35. The first kappa shape index (κ1) is 11.0. The van der Waals surface area contributed by atoms with Crippen molar-refractivity contribution in [3.63, 3.8) is 0 Å². The van der Waals surface area contributed by atoms with Gasteiger partial charge in [-0.05, 0) is 6.07 Å². The molecule has 5 nitrogen and oxygen atoms in total. The lowest BCUT2D eigenvalue weighted by molar-refractivity contribution is 0.703. The Balaban J connectivity index is 2.25. The van der Waals surface area contributed by atoms with Crippen LogP contribution in [0.4, 0.5) is 0 Å². The van der Waals surface area contributed by atoms with E-state index in [9.17, 15) is 0 Å². The van der Waals surface area contributed by atoms with Gasteiger partial charge in [-0.3, -0.25) is 4.68 Å². The summed E-state index contributed by atoms with van der Waals surface area (Å²) in [5.41, 5.74) is 7.85. The molecule has 2 heterocycles. The molecule has 1 aromatic carbocycles. The largest absolute Gasteiger partial charge is 0.350 e. The third kappa shape index (κ3) is 1.52. The van der Waals surface area contributed by atoms with Crippen molar-refractivity contribution in [3.05, 3.63) is 36.3 Å². The van der Waals surface area contributed by atoms with Crippen LogP contribution in [0.25, 0.3) is 22.3 Å². The van der Waals surface area contributed by atoms with E-state index in [4.69, 9.17) is 5.73 Å². The minimum Gasteiger partial charge on any atom is -0.350 e. The summed E-state index contributed by atoms with van der Waals surface area (Å²) in [6, 6.07) is 8.23. The molecule has 0 radical (unpaired) electrons. The first-order valence-corrected chi connectivity index (χ1v) is 5.85. The highest BCUT2D eigenvalue weighted by Crippen LogP contribution is 2.27. The molecule has 3 aromatic rings. The Morgan fingerprint density at radius 2 is 2.00 bits per heavy atom. The number of aryl methyl sites for hydroxylation is 2. The summed E-state index contributed by atoms with van der Waals surface area (Å²) in [5, 5.41) is 5.59. The van der Waals surface area contributed by atoms with Gasteiger partial charge in [0.15, 0.2) is 5.82 Å². The van der Waals surface area contributed by atoms with Gasteiger partial charge in [0.05, 0.1) is 6.54 Å². The van der Waals surface area contributed by atoms with Crippen LogP contribution in [-0.4, -0.2) is 19.3 Å². The number of rotatable bonds is 2. The number of hydrogen-bond acceptors (Lipinski definition) is 3. The zero-order valence-corrected chi connectivity index (χ0v) is 10.5. The summed E-state index contributed by atoms with van der Waals surface area (Å²) in [6.07, 6.45) is 2.06. The fraction of sp³-hybridized carbons (Fsp3) is 0.231. The summed E-state index contributed by atoms with van der Waals surface area (Å²) >= 11 is 0. The maximum absolute atomic E-state index is 5.63. The summed E-state index contributed by atoms with van der Waals surface area (Å²) in [6.45, 7) is 0.397. The third-order valence-corrected chi connectivity index (χ3v) is 3.17. The Kier molecular flexibility index (Phi) is 2.41. The fourth-order valence-electron chi connectivity index (χ4n) is 2.23. The topological polar surface area (TPSA) is 61.7 Å². The van der Waals surface area contributed by atoms with Gasteiger partial charge in [0.2, 0.25) is 0 Å². The molecule has 0 spiro atoms. The number of para-hydroxylation sites is 1. The molecule has 0 aliphatic rings. The van der Waals surface area contributed by atoms with Gasteiger partial charge < -0.3 is 10.3 Å². The van der Waals surface area contributed by atoms with Crippen molar-refractivity contribution < 1.29 is 0 Å². The van der Waals surface area contributed by atoms with Crippen LogP contribution in [0.1, 0.15) is 5.82 Å². The summed E-state index contributed by atoms with van der Waals surface area (Å²) in [4.78, 5) is 4.48. The average molecular weight is 241 g/mol. The Morgan fingerprint density at radius 3 is 2.72 bits per heavy atom. The van der Waals surface area contributed by atoms with Crippen LogP contribution in [0.5, 0.6) is 0 Å². The summed E-state index contributed by atoms with van der Waals surface area (Å²) < 4.78 is 3.82. The molecule has 92 valence electrons. The van der Waals surface area contributed by atoms with Gasteiger partial charge in [0.25, 0.3) is 0 Å². The van der Waals surface area contributed by atoms with E-state index in [1.54, 1.807) is 4.68 Å². The molecule has 0 atom stereocenters. The van der Waals surface area contributed by atoms with Crippen LogP contribution >= 0.6 is 0 Å². The fourth-order valence-corrected chi connectivity index (χ4v) is 2.23. The Hall–Kier alpha value is -2.14. The second kappa shape index (κ2) is 3.96. The predicted molar refractivity (Wildman–Crippen MR) is 70.8 cm³/mol. The van der Waals surface area contributed by atoms with Crippen molar-refractivity contribution in [2.75, 3.05) is 0 Å². The molecule has 2 aromatic heterocycles. The average Bonchev–Trinajstić information content (AvgIpc) is 2.91. The van der Waals surface area contributed by atoms with E-state index < -0.39 is 0 Å². The molecule has 2 N–H and O–H groups in total. The molecule has 0 bridgehead atoms. The molecule has 0 aliphatic carbocycles. The van der Waals surface area contributed by atoms with Gasteiger partial charge in [0.1, 0.15) is 5.82 Å². The number of aromatic nitrogens is 4. The van der Waals surface area contributed by atoms with E-state index in [0.717, 1.165) is 22.6 Å². The molecule has 0 saturated heterocycles. The van der Waals surface area contributed by atoms with Gasteiger partial charge in [-0.1, -0.05) is 18.2 Å². The van der Waals surface area contributed by atoms with Crippen molar-refractivity contribution in [2.45, 2.75) is 6.54 Å². The molecular weight excluding hydrogens is 226 g/mol. The van der Waals surface area contributed by atoms with E-state index in [0.29, 0.717) is 6.54 Å². The van der Waals surface area contributed by atoms with Gasteiger partial charge in [-0.15, -0.1) is 0 Å². The molecule has 0 unspecified atom stereocenters. The van der Waals surface area contributed by atoms with E-state index in [2.05, 4.69) is 33.0 Å². The maximum Gasteiger partial charge on any atom is 0.183 e. The lowest BCUT2D eigenvalue weighted by atomic mass is 10.2. The number of nitrogens with zero attached hydrogens (tertiary/aromatic N) is 4. The Morgan fingerprint density at radius 1 is 1.22 bits per heavy atom. The van der Waals surface area contributed by atoms with Crippen molar-refractivity contribution in [1.29, 1.82) is 0 Å². The maximum atomic E-state index is 5.63. The monoisotopic (exact) mass is 241 g/mol. The zero-order valence-electron chi connectivity index (χ0n) is 10.5. The van der Waals surface area contributed by atoms with Crippen LogP contribution in [0.2, 0.25) is 0 Å². The molecule has 5 heteroatoms. The SMILES string of the molecule is Cn1nc(-c2cn(C)c3ccccc23)nc1CN. The minimum atomic E-state index is 0.397. The quantitative estimate of drug-likeness (QED) is 0.738. The van der Waals surface area contributed by atoms with E-state index >= 15 is 0 Å². The molecule has 0 fully saturated rings. The highest BCUT2D eigenvalue weighted by atomic mass is 15.3. The third-order valence-electron chi connectivity index (χ3n) is 3.17. The lowest BCUT2D eigenvalue weighted by Crippen LogP contribution is -2.05. The first-order valence-electron chi connectivity index (χ1n) is 5.85. The van der Waals surface area contributed by atoms with E-state index in [1.807, 2.05) is 26.2 Å². The molecule has 0 saturated carbocycles. The van der Waals surface area contributed by atoms with Crippen LogP contribution in [0.3, 0.4) is 0 Å². The van der Waals surface area contributed by atoms with Crippen LogP contribution < -0.4 is 5.73 Å². The van der Waals surface area contributed by atoms with Gasteiger partial charge >= 0.3 is 0 Å². The van der Waals surface area contributed by atoms with Crippen LogP contribution in [-0.2, 0) is 20.6 Å². The zero-order chi connectivity index (χ0) is 12.7. The highest BCUT2D eigenvalue weighted by Gasteiger charge is 2.13. The van der Waals surface area contributed by atoms with Gasteiger partial charge in [-0.2, -0.15) is 5.10 Å². The highest BCUT2D eigenvalue weighted by molar-refractivity contribution is 5.94. The second-order valence-corrected chi connectivity index (χ2v) is 4.35. The molecule has 0 amide bonds. The summed E-state index contributed by atoms with van der Waals surface area (Å²) in [5.74, 6) is 1.52. The molecule has 18 heavy (non-hydrogen) atoms. The normalized spacial score (nSPS) is 11.3. The molecule has 3 rings (SSSR count). The van der Waals surface area contributed by atoms with E-state index in [1.165, 1.54) is 5.52 Å².